The Morgan fingerprint density at radius 2 is 1.33 bits per heavy atom. The molecule has 0 aliphatic carbocycles. The van der Waals surface area contributed by atoms with Crippen LogP contribution >= 0.6 is 0 Å². The van der Waals surface area contributed by atoms with Gasteiger partial charge in [-0.1, -0.05) is 13.8 Å². The number of cyclic esters (lactones) is 1. The average Bonchev–Trinajstić information content (AvgIpc) is 3.23. The summed E-state index contributed by atoms with van der Waals surface area (Å²) in [6.45, 7) is 10.7. The summed E-state index contributed by atoms with van der Waals surface area (Å²) in [6, 6.07) is 6.55. The van der Waals surface area contributed by atoms with Gasteiger partial charge in [-0.3, -0.25) is 4.79 Å². The Morgan fingerprint density at radius 1 is 0.750 bits per heavy atom. The van der Waals surface area contributed by atoms with Crippen molar-refractivity contribution >= 4 is 11.9 Å². The van der Waals surface area contributed by atoms with Gasteiger partial charge in [-0.15, -0.1) is 0 Å². The smallest absolute Gasteiger partial charge is 0.338 e. The summed E-state index contributed by atoms with van der Waals surface area (Å²) >= 11 is 0. The number of methoxy groups -OCH3 is 5. The van der Waals surface area contributed by atoms with Crippen molar-refractivity contribution in [3.8, 4) is 34.5 Å². The zero-order valence-electron chi connectivity index (χ0n) is 29.9. The molecule has 2 aromatic rings. The summed E-state index contributed by atoms with van der Waals surface area (Å²) in [4.78, 5) is 33.9. The van der Waals surface area contributed by atoms with Crippen LogP contribution in [0.25, 0.3) is 0 Å². The van der Waals surface area contributed by atoms with Gasteiger partial charge in [0.1, 0.15) is 0 Å². The van der Waals surface area contributed by atoms with Gasteiger partial charge in [0.05, 0.1) is 54.3 Å². The third kappa shape index (κ3) is 9.16. The standard InChI is InChI=1S/C36H53N3O9/c1-36(2)23-38-13-10-18-48-35(41)26-21-30(44-6)33(46-8)31(22-26)47-17-9-11-27(12-14-39(24-36)16-15-38)37(3)34(40)25-19-28(42-4)32(45-7)29(20-25)43-5/h19-22,27H,9-18,23-24H2,1-8H3. The molecular formula is C36H53N3O9. The molecule has 3 atom stereocenters. The van der Waals surface area contributed by atoms with Gasteiger partial charge in [-0.25, -0.2) is 4.79 Å². The van der Waals surface area contributed by atoms with Crippen LogP contribution in [-0.2, 0) is 4.74 Å². The first-order valence-electron chi connectivity index (χ1n) is 16.6. The molecule has 2 aliphatic heterocycles. The molecule has 4 rings (SSSR count). The van der Waals surface area contributed by atoms with Gasteiger partial charge in [-0.05, 0) is 55.4 Å². The molecule has 12 nitrogen and oxygen atoms in total. The van der Waals surface area contributed by atoms with Crippen molar-refractivity contribution in [1.29, 1.82) is 0 Å². The molecule has 48 heavy (non-hydrogen) atoms. The van der Waals surface area contributed by atoms with Crippen LogP contribution in [0.15, 0.2) is 24.3 Å². The Bertz CT molecular complexity index is 1370. The number of rotatable bonds is 7. The zero-order chi connectivity index (χ0) is 34.8. The van der Waals surface area contributed by atoms with Crippen LogP contribution in [0.5, 0.6) is 34.5 Å². The maximum absolute atomic E-state index is 14.0. The topological polar surface area (TPSA) is 108 Å². The normalized spacial score (nSPS) is 22.0. The number of hydrogen-bond acceptors (Lipinski definition) is 11. The van der Waals surface area contributed by atoms with Crippen molar-refractivity contribution in [2.75, 3.05) is 95.1 Å². The second-order valence-electron chi connectivity index (χ2n) is 13.2. The SMILES string of the molecule is COc1cc(C(=O)N(C)C2CCCOc3cc(cc(OC)c3OC)C(=O)OCCCN3CCN(CC2)CC(C)(C)C3)cc(OC)c1OC. The molecule has 2 heterocycles. The van der Waals surface area contributed by atoms with Crippen molar-refractivity contribution in [1.82, 2.24) is 14.7 Å². The summed E-state index contributed by atoms with van der Waals surface area (Å²) in [5, 5.41) is 0. The first-order valence-corrected chi connectivity index (χ1v) is 16.6. The first kappa shape index (κ1) is 36.9. The molecule has 12 heteroatoms. The van der Waals surface area contributed by atoms with E-state index in [1.54, 1.807) is 24.3 Å². The van der Waals surface area contributed by atoms with E-state index in [1.807, 2.05) is 11.9 Å². The summed E-state index contributed by atoms with van der Waals surface area (Å²) in [6.07, 6.45) is 2.86. The lowest BCUT2D eigenvalue weighted by Crippen LogP contribution is -2.41. The number of esters is 1. The summed E-state index contributed by atoms with van der Waals surface area (Å²) < 4.78 is 39.5. The highest BCUT2D eigenvalue weighted by Gasteiger charge is 2.30. The Hall–Kier alpha value is -3.90. The van der Waals surface area contributed by atoms with Crippen LogP contribution in [0.4, 0.5) is 0 Å². The van der Waals surface area contributed by atoms with Gasteiger partial charge in [-0.2, -0.15) is 0 Å². The largest absolute Gasteiger partial charge is 0.493 e. The number of nitrogens with zero attached hydrogens (tertiary/aromatic N) is 3. The van der Waals surface area contributed by atoms with E-state index in [0.29, 0.717) is 71.7 Å². The lowest BCUT2D eigenvalue weighted by atomic mass is 9.92. The lowest BCUT2D eigenvalue weighted by molar-refractivity contribution is 0.0483. The number of ether oxygens (including phenoxy) is 7. The maximum atomic E-state index is 14.0. The molecule has 1 saturated heterocycles. The predicted molar refractivity (Wildman–Crippen MR) is 182 cm³/mol. The molecule has 4 bridgehead atoms. The Labute approximate surface area is 285 Å². The highest BCUT2D eigenvalue weighted by Crippen LogP contribution is 2.40. The minimum atomic E-state index is -0.437. The molecular weight excluding hydrogens is 618 g/mol. The second-order valence-corrected chi connectivity index (χ2v) is 13.2. The second kappa shape index (κ2) is 17.0. The number of fused-ring (bicyclic) bond motifs is 5. The van der Waals surface area contributed by atoms with Crippen LogP contribution in [0.1, 0.15) is 60.2 Å². The third-order valence-corrected chi connectivity index (χ3v) is 9.07. The lowest BCUT2D eigenvalue weighted by Gasteiger charge is -2.33. The van der Waals surface area contributed by atoms with Crippen LogP contribution < -0.4 is 28.4 Å². The fraction of sp³-hybridized carbons (Fsp3) is 0.611. The van der Waals surface area contributed by atoms with E-state index < -0.39 is 5.97 Å². The van der Waals surface area contributed by atoms with Crippen LogP contribution in [0, 0.1) is 5.41 Å². The van der Waals surface area contributed by atoms with E-state index in [9.17, 15) is 9.59 Å². The van der Waals surface area contributed by atoms with E-state index in [0.717, 1.165) is 52.1 Å². The molecule has 0 aromatic heterocycles. The molecule has 2 aromatic carbocycles. The molecule has 0 radical (unpaired) electrons. The van der Waals surface area contributed by atoms with Gasteiger partial charge >= 0.3 is 5.97 Å². The number of hydrogen-bond donors (Lipinski definition) is 0. The summed E-state index contributed by atoms with van der Waals surface area (Å²) in [5.41, 5.74) is 0.859. The fourth-order valence-corrected chi connectivity index (χ4v) is 6.71. The minimum absolute atomic E-state index is 0.0747. The molecule has 0 saturated carbocycles. The minimum Gasteiger partial charge on any atom is -0.493 e. The number of amides is 1. The highest BCUT2D eigenvalue weighted by atomic mass is 16.5. The monoisotopic (exact) mass is 671 g/mol. The number of benzene rings is 2. The maximum Gasteiger partial charge on any atom is 0.338 e. The van der Waals surface area contributed by atoms with Gasteiger partial charge in [0.2, 0.25) is 11.5 Å². The van der Waals surface area contributed by atoms with Crippen LogP contribution in [0.2, 0.25) is 0 Å². The van der Waals surface area contributed by atoms with Crippen molar-refractivity contribution in [3.05, 3.63) is 35.4 Å². The molecule has 2 aliphatic rings. The molecule has 1 amide bonds. The first-order chi connectivity index (χ1) is 23.0. The van der Waals surface area contributed by atoms with Gasteiger partial charge in [0, 0.05) is 57.9 Å². The molecule has 0 spiro atoms. The fourth-order valence-electron chi connectivity index (χ4n) is 6.71. The summed E-state index contributed by atoms with van der Waals surface area (Å²) in [5.74, 6) is 1.90. The average molecular weight is 672 g/mol. The Balaban J connectivity index is 1.62. The third-order valence-electron chi connectivity index (χ3n) is 9.07. The van der Waals surface area contributed by atoms with Crippen molar-refractivity contribution < 1.29 is 42.7 Å². The Morgan fingerprint density at radius 3 is 1.94 bits per heavy atom. The van der Waals surface area contributed by atoms with E-state index in [4.69, 9.17) is 33.2 Å². The molecule has 3 unspecified atom stereocenters. The molecule has 0 N–H and O–H groups in total. The number of carbonyl (C=O) groups is 2. The number of carbonyl (C=O) groups excluding carboxylic acids is 2. The molecule has 266 valence electrons. The zero-order valence-corrected chi connectivity index (χ0v) is 29.9. The van der Waals surface area contributed by atoms with E-state index in [1.165, 1.54) is 35.5 Å². The van der Waals surface area contributed by atoms with E-state index in [2.05, 4.69) is 23.6 Å². The van der Waals surface area contributed by atoms with Crippen molar-refractivity contribution in [2.24, 2.45) is 5.41 Å². The van der Waals surface area contributed by atoms with Gasteiger partial charge in [0.15, 0.2) is 23.0 Å². The van der Waals surface area contributed by atoms with Gasteiger partial charge in [0.25, 0.3) is 5.91 Å². The Kier molecular flexibility index (Phi) is 13.1. The highest BCUT2D eigenvalue weighted by molar-refractivity contribution is 5.95. The van der Waals surface area contributed by atoms with Crippen molar-refractivity contribution in [2.45, 2.75) is 45.6 Å². The quantitative estimate of drug-likeness (QED) is 0.385. The van der Waals surface area contributed by atoms with Crippen molar-refractivity contribution in [3.63, 3.8) is 0 Å². The van der Waals surface area contributed by atoms with E-state index in [-0.39, 0.29) is 17.4 Å². The summed E-state index contributed by atoms with van der Waals surface area (Å²) in [7, 11) is 9.52. The molecule has 1 fully saturated rings. The van der Waals surface area contributed by atoms with Crippen LogP contribution in [-0.4, -0.2) is 128 Å². The van der Waals surface area contributed by atoms with E-state index >= 15 is 0 Å². The predicted octanol–water partition coefficient (Wildman–Crippen LogP) is 4.62. The van der Waals surface area contributed by atoms with Crippen LogP contribution in [0.3, 0.4) is 0 Å². The van der Waals surface area contributed by atoms with Gasteiger partial charge < -0.3 is 47.9 Å².